The molecule has 0 aromatic carbocycles. The lowest BCUT2D eigenvalue weighted by Gasteiger charge is -2.40. The van der Waals surface area contributed by atoms with Crippen molar-refractivity contribution in [2.75, 3.05) is 13.2 Å². The lowest BCUT2D eigenvalue weighted by molar-refractivity contribution is -0.141. The lowest BCUT2D eigenvalue weighted by Crippen LogP contribution is -2.45. The number of ether oxygens (including phenoxy) is 1. The minimum absolute atomic E-state index is 0.151. The fraction of sp³-hybridized carbons (Fsp3) is 0.938. The van der Waals surface area contributed by atoms with Crippen molar-refractivity contribution >= 4 is 14.3 Å². The van der Waals surface area contributed by atoms with E-state index in [-0.39, 0.29) is 29.6 Å². The molecule has 1 aliphatic rings. The summed E-state index contributed by atoms with van der Waals surface area (Å²) in [5.41, 5.74) is 0. The molecule has 0 heterocycles. The van der Waals surface area contributed by atoms with Gasteiger partial charge in [-0.2, -0.15) is 0 Å². The molecule has 1 rings (SSSR count). The molecule has 3 atom stereocenters. The van der Waals surface area contributed by atoms with Crippen LogP contribution in [0.25, 0.3) is 0 Å². The maximum atomic E-state index is 10.8. The molecule has 0 spiro atoms. The summed E-state index contributed by atoms with van der Waals surface area (Å²) in [4.78, 5) is 10.8. The Balaban J connectivity index is 2.59. The molecule has 0 aromatic heterocycles. The number of esters is 1. The van der Waals surface area contributed by atoms with Crippen LogP contribution in [0, 0.1) is 11.8 Å². The van der Waals surface area contributed by atoms with Crippen LogP contribution in [0.2, 0.25) is 18.1 Å². The van der Waals surface area contributed by atoms with Crippen LogP contribution in [-0.2, 0) is 14.0 Å². The average Bonchev–Trinajstić information content (AvgIpc) is 2.68. The number of aliphatic hydroxyl groups is 1. The minimum Gasteiger partial charge on any atom is -0.466 e. The first kappa shape index (κ1) is 18.7. The van der Waals surface area contributed by atoms with Gasteiger partial charge in [-0.05, 0) is 43.3 Å². The van der Waals surface area contributed by atoms with Crippen LogP contribution < -0.4 is 0 Å². The van der Waals surface area contributed by atoms with E-state index in [1.165, 1.54) is 6.92 Å². The highest BCUT2D eigenvalue weighted by molar-refractivity contribution is 6.74. The van der Waals surface area contributed by atoms with Crippen molar-refractivity contribution < 1.29 is 19.1 Å². The fourth-order valence-corrected chi connectivity index (χ4v) is 4.19. The van der Waals surface area contributed by atoms with Gasteiger partial charge in [-0.1, -0.05) is 20.8 Å². The molecule has 21 heavy (non-hydrogen) atoms. The normalized spacial score (nSPS) is 26.9. The van der Waals surface area contributed by atoms with Crippen molar-refractivity contribution in [1.82, 2.24) is 0 Å². The third-order valence-electron chi connectivity index (χ3n) is 5.16. The van der Waals surface area contributed by atoms with E-state index in [0.717, 1.165) is 19.3 Å². The van der Waals surface area contributed by atoms with Gasteiger partial charge in [-0.25, -0.2) is 0 Å². The van der Waals surface area contributed by atoms with Gasteiger partial charge >= 0.3 is 5.97 Å². The number of carbonyl (C=O) groups is 1. The lowest BCUT2D eigenvalue weighted by atomic mass is 9.93. The average molecular weight is 317 g/mol. The van der Waals surface area contributed by atoms with Gasteiger partial charge in [0.1, 0.15) is 0 Å². The molecule has 124 valence electrons. The van der Waals surface area contributed by atoms with E-state index in [0.29, 0.717) is 12.5 Å². The first-order valence-electron chi connectivity index (χ1n) is 8.00. The Morgan fingerprint density at radius 3 is 2.38 bits per heavy atom. The Kier molecular flexibility index (Phi) is 6.44. The van der Waals surface area contributed by atoms with E-state index in [1.54, 1.807) is 0 Å². The summed E-state index contributed by atoms with van der Waals surface area (Å²) in [6.45, 7) is 13.3. The first-order valence-corrected chi connectivity index (χ1v) is 10.9. The molecule has 0 aliphatic heterocycles. The maximum absolute atomic E-state index is 10.8. The molecular formula is C16H32O4Si. The fourth-order valence-electron chi connectivity index (χ4n) is 2.79. The standard InChI is InChI=1S/C16H32O4Si/c1-12(18)19-10-9-13-7-8-15(14(13)11-17)20-21(5,6)16(2,3)4/h13-15,17H,7-11H2,1-6H3/t13-,14+,15+/m1/s1. The van der Waals surface area contributed by atoms with Crippen LogP contribution in [0.3, 0.4) is 0 Å². The highest BCUT2D eigenvalue weighted by Gasteiger charge is 2.44. The molecular weight excluding hydrogens is 284 g/mol. The molecule has 0 amide bonds. The molecule has 0 radical (unpaired) electrons. The van der Waals surface area contributed by atoms with Crippen LogP contribution in [0.1, 0.15) is 47.0 Å². The van der Waals surface area contributed by atoms with Gasteiger partial charge in [-0.15, -0.1) is 0 Å². The third-order valence-corrected chi connectivity index (χ3v) is 9.67. The summed E-state index contributed by atoms with van der Waals surface area (Å²) in [6, 6.07) is 0. The van der Waals surface area contributed by atoms with Crippen LogP contribution in [-0.4, -0.2) is 38.7 Å². The SMILES string of the molecule is CC(=O)OCC[C@H]1CC[C@H](O[Si](C)(C)C(C)(C)C)[C@H]1CO. The summed E-state index contributed by atoms with van der Waals surface area (Å²) in [5.74, 6) is 0.335. The van der Waals surface area contributed by atoms with Crippen LogP contribution in [0.5, 0.6) is 0 Å². The number of hydrogen-bond donors (Lipinski definition) is 1. The second kappa shape index (κ2) is 7.25. The zero-order chi connectivity index (χ0) is 16.3. The summed E-state index contributed by atoms with van der Waals surface area (Å²) < 4.78 is 11.5. The molecule has 5 heteroatoms. The number of carbonyl (C=O) groups excluding carboxylic acids is 1. The summed E-state index contributed by atoms with van der Waals surface area (Å²) >= 11 is 0. The van der Waals surface area contributed by atoms with Crippen molar-refractivity contribution in [2.45, 2.75) is 71.2 Å². The van der Waals surface area contributed by atoms with Crippen molar-refractivity contribution in [3.05, 3.63) is 0 Å². The Labute approximate surface area is 130 Å². The maximum Gasteiger partial charge on any atom is 0.302 e. The largest absolute Gasteiger partial charge is 0.466 e. The second-order valence-corrected chi connectivity index (χ2v) is 12.5. The van der Waals surface area contributed by atoms with Crippen LogP contribution >= 0.6 is 0 Å². The second-order valence-electron chi connectivity index (χ2n) is 7.73. The molecule has 4 nitrogen and oxygen atoms in total. The molecule has 0 unspecified atom stereocenters. The Morgan fingerprint density at radius 2 is 1.90 bits per heavy atom. The van der Waals surface area contributed by atoms with E-state index < -0.39 is 8.32 Å². The van der Waals surface area contributed by atoms with Crippen molar-refractivity contribution in [3.63, 3.8) is 0 Å². The molecule has 1 aliphatic carbocycles. The van der Waals surface area contributed by atoms with Gasteiger partial charge < -0.3 is 14.3 Å². The minimum atomic E-state index is -1.80. The zero-order valence-electron chi connectivity index (χ0n) is 14.4. The summed E-state index contributed by atoms with van der Waals surface area (Å²) in [6.07, 6.45) is 3.02. The zero-order valence-corrected chi connectivity index (χ0v) is 15.4. The van der Waals surface area contributed by atoms with Crippen molar-refractivity contribution in [1.29, 1.82) is 0 Å². The highest BCUT2D eigenvalue weighted by Crippen LogP contribution is 2.43. The van der Waals surface area contributed by atoms with Gasteiger partial charge in [0.05, 0.1) is 12.7 Å². The van der Waals surface area contributed by atoms with E-state index >= 15 is 0 Å². The third kappa shape index (κ3) is 5.08. The van der Waals surface area contributed by atoms with Gasteiger partial charge in [0.15, 0.2) is 8.32 Å². The molecule has 0 aromatic rings. The van der Waals surface area contributed by atoms with E-state index in [9.17, 15) is 9.90 Å². The van der Waals surface area contributed by atoms with Gasteiger partial charge in [-0.3, -0.25) is 4.79 Å². The predicted molar refractivity (Wildman–Crippen MR) is 86.6 cm³/mol. The van der Waals surface area contributed by atoms with Crippen molar-refractivity contribution in [2.24, 2.45) is 11.8 Å². The molecule has 0 saturated heterocycles. The first-order chi connectivity index (χ1) is 9.58. The van der Waals surface area contributed by atoms with Gasteiger partial charge in [0, 0.05) is 19.4 Å². The van der Waals surface area contributed by atoms with E-state index in [2.05, 4.69) is 33.9 Å². The molecule has 1 N–H and O–H groups in total. The smallest absolute Gasteiger partial charge is 0.302 e. The Bertz CT molecular complexity index is 349. The highest BCUT2D eigenvalue weighted by atomic mass is 28.4. The van der Waals surface area contributed by atoms with E-state index in [1.807, 2.05) is 0 Å². The van der Waals surface area contributed by atoms with Crippen LogP contribution in [0.15, 0.2) is 0 Å². The number of aliphatic hydroxyl groups excluding tert-OH is 1. The van der Waals surface area contributed by atoms with Gasteiger partial charge in [0.25, 0.3) is 0 Å². The van der Waals surface area contributed by atoms with Crippen molar-refractivity contribution in [3.8, 4) is 0 Å². The van der Waals surface area contributed by atoms with Crippen LogP contribution in [0.4, 0.5) is 0 Å². The Morgan fingerprint density at radius 1 is 1.29 bits per heavy atom. The Hall–Kier alpha value is -0.393. The monoisotopic (exact) mass is 316 g/mol. The molecule has 1 saturated carbocycles. The van der Waals surface area contributed by atoms with E-state index in [4.69, 9.17) is 9.16 Å². The molecule has 1 fully saturated rings. The quantitative estimate of drug-likeness (QED) is 0.603. The molecule has 0 bridgehead atoms. The number of rotatable bonds is 6. The van der Waals surface area contributed by atoms with Gasteiger partial charge in [0.2, 0.25) is 0 Å². The summed E-state index contributed by atoms with van der Waals surface area (Å²) in [5, 5.41) is 9.93. The topological polar surface area (TPSA) is 55.8 Å². The number of hydrogen-bond acceptors (Lipinski definition) is 4. The predicted octanol–water partition coefficient (Wildman–Crippen LogP) is 3.35. The summed E-state index contributed by atoms with van der Waals surface area (Å²) in [7, 11) is -1.80.